The average molecular weight is 298 g/mol. The third-order valence-electron chi connectivity index (χ3n) is 4.36. The zero-order valence-corrected chi connectivity index (χ0v) is 14.3. The normalized spacial score (nSPS) is 15.6. The predicted octanol–water partition coefficient (Wildman–Crippen LogP) is 5.20. The second kappa shape index (κ2) is 8.07. The van der Waals surface area contributed by atoms with Gasteiger partial charge in [0.2, 0.25) is 0 Å². The zero-order chi connectivity index (χ0) is 15.9. The molecule has 1 atom stereocenters. The number of benzene rings is 1. The van der Waals surface area contributed by atoms with Gasteiger partial charge >= 0.3 is 0 Å². The van der Waals surface area contributed by atoms with Gasteiger partial charge in [-0.05, 0) is 68.5 Å². The van der Waals surface area contributed by atoms with Crippen molar-refractivity contribution < 1.29 is 0 Å². The molecule has 0 radical (unpaired) electrons. The number of unbranched alkanes of at least 4 members (excludes halogenated alkanes) is 2. The summed E-state index contributed by atoms with van der Waals surface area (Å²) in [5.41, 5.74) is 12.3. The topological polar surface area (TPSA) is 38.0 Å². The van der Waals surface area contributed by atoms with Crippen molar-refractivity contribution in [2.24, 2.45) is 0 Å². The monoisotopic (exact) mass is 298 g/mol. The summed E-state index contributed by atoms with van der Waals surface area (Å²) in [6.45, 7) is 6.56. The lowest BCUT2D eigenvalue weighted by molar-refractivity contribution is 0.645. The number of hydrogen-bond acceptors (Lipinski definition) is 2. The van der Waals surface area contributed by atoms with E-state index in [1.54, 1.807) is 5.57 Å². The fraction of sp³-hybridized carbons (Fsp3) is 0.500. The third kappa shape index (κ3) is 5.25. The van der Waals surface area contributed by atoms with Crippen LogP contribution in [-0.4, -0.2) is 6.04 Å². The van der Waals surface area contributed by atoms with Crippen LogP contribution in [0.1, 0.15) is 63.5 Å². The fourth-order valence-electron chi connectivity index (χ4n) is 2.52. The molecule has 120 valence electrons. The van der Waals surface area contributed by atoms with Gasteiger partial charge in [0.15, 0.2) is 0 Å². The van der Waals surface area contributed by atoms with Crippen molar-refractivity contribution in [1.29, 1.82) is 0 Å². The zero-order valence-electron chi connectivity index (χ0n) is 14.3. The first-order valence-electron chi connectivity index (χ1n) is 8.60. The molecule has 3 N–H and O–H groups in total. The number of nitrogens with one attached hydrogen (secondary N) is 1. The Kier molecular flexibility index (Phi) is 6.11. The van der Waals surface area contributed by atoms with E-state index in [2.05, 4.69) is 56.6 Å². The first-order valence-corrected chi connectivity index (χ1v) is 8.60. The molecule has 0 saturated heterocycles. The van der Waals surface area contributed by atoms with Crippen molar-refractivity contribution in [2.45, 2.75) is 65.3 Å². The molecule has 22 heavy (non-hydrogen) atoms. The molecule has 2 heteroatoms. The Bertz CT molecular complexity index is 549. The SMILES string of the molecule is CCCCC/C(=C\c1ccc(C)c(N)c1)C(C)NC=C1CC1. The number of aryl methyl sites for hydroxylation is 1. The van der Waals surface area contributed by atoms with Crippen molar-refractivity contribution in [1.82, 2.24) is 5.32 Å². The van der Waals surface area contributed by atoms with Crippen LogP contribution in [0.4, 0.5) is 5.69 Å². The van der Waals surface area contributed by atoms with Crippen LogP contribution in [0.15, 0.2) is 35.5 Å². The van der Waals surface area contributed by atoms with Gasteiger partial charge in [-0.25, -0.2) is 0 Å². The van der Waals surface area contributed by atoms with Gasteiger partial charge in [0.1, 0.15) is 0 Å². The highest BCUT2D eigenvalue weighted by Crippen LogP contribution is 2.27. The van der Waals surface area contributed by atoms with Gasteiger partial charge in [-0.2, -0.15) is 0 Å². The van der Waals surface area contributed by atoms with Gasteiger partial charge in [-0.1, -0.05) is 43.5 Å². The van der Waals surface area contributed by atoms with Gasteiger partial charge in [0.05, 0.1) is 0 Å². The second-order valence-corrected chi connectivity index (χ2v) is 6.48. The number of rotatable bonds is 8. The van der Waals surface area contributed by atoms with Gasteiger partial charge < -0.3 is 11.1 Å². The lowest BCUT2D eigenvalue weighted by Crippen LogP contribution is -2.22. The van der Waals surface area contributed by atoms with Gasteiger partial charge in [-0.3, -0.25) is 0 Å². The van der Waals surface area contributed by atoms with E-state index < -0.39 is 0 Å². The van der Waals surface area contributed by atoms with Gasteiger partial charge in [0.25, 0.3) is 0 Å². The van der Waals surface area contributed by atoms with Crippen LogP contribution in [0.3, 0.4) is 0 Å². The Labute approximate surface area is 135 Å². The molecule has 1 aromatic rings. The molecule has 1 unspecified atom stereocenters. The summed E-state index contributed by atoms with van der Waals surface area (Å²) in [6.07, 6.45) is 12.0. The predicted molar refractivity (Wildman–Crippen MR) is 97.6 cm³/mol. The number of hydrogen-bond donors (Lipinski definition) is 2. The summed E-state index contributed by atoms with van der Waals surface area (Å²) >= 11 is 0. The summed E-state index contributed by atoms with van der Waals surface area (Å²) < 4.78 is 0. The molecular weight excluding hydrogens is 268 g/mol. The van der Waals surface area contributed by atoms with Crippen LogP contribution in [0, 0.1) is 6.92 Å². The minimum absolute atomic E-state index is 0.382. The summed E-state index contributed by atoms with van der Waals surface area (Å²) in [5, 5.41) is 3.56. The van der Waals surface area contributed by atoms with E-state index in [0.29, 0.717) is 6.04 Å². The summed E-state index contributed by atoms with van der Waals surface area (Å²) in [4.78, 5) is 0. The van der Waals surface area contributed by atoms with Crippen molar-refractivity contribution >= 4 is 11.8 Å². The average Bonchev–Trinajstić information content (AvgIpc) is 3.32. The van der Waals surface area contributed by atoms with Crippen molar-refractivity contribution in [2.75, 3.05) is 5.73 Å². The molecule has 2 rings (SSSR count). The Morgan fingerprint density at radius 3 is 2.73 bits per heavy atom. The van der Waals surface area contributed by atoms with E-state index in [1.165, 1.54) is 43.2 Å². The maximum absolute atomic E-state index is 6.05. The maximum Gasteiger partial charge on any atom is 0.0443 e. The van der Waals surface area contributed by atoms with E-state index >= 15 is 0 Å². The largest absolute Gasteiger partial charge is 0.398 e. The van der Waals surface area contributed by atoms with Crippen LogP contribution in [-0.2, 0) is 0 Å². The maximum atomic E-state index is 6.05. The molecule has 1 aliphatic rings. The molecule has 2 nitrogen and oxygen atoms in total. The minimum atomic E-state index is 0.382. The van der Waals surface area contributed by atoms with Crippen LogP contribution >= 0.6 is 0 Å². The molecule has 0 aliphatic heterocycles. The highest BCUT2D eigenvalue weighted by Gasteiger charge is 2.12. The van der Waals surface area contributed by atoms with Gasteiger partial charge in [0, 0.05) is 11.7 Å². The molecule has 0 amide bonds. The lowest BCUT2D eigenvalue weighted by Gasteiger charge is -2.17. The molecule has 1 saturated carbocycles. The standard InChI is InChI=1S/C20H30N2/c1-4-5-6-7-19(16(3)22-14-17-10-11-17)12-18-9-8-15(2)20(21)13-18/h8-9,12-14,16,22H,4-7,10-11,21H2,1-3H3/b19-12+. The highest BCUT2D eigenvalue weighted by atomic mass is 14.9. The number of nitrogen functional groups attached to an aromatic ring is 1. The van der Waals surface area contributed by atoms with Crippen molar-refractivity contribution in [3.63, 3.8) is 0 Å². The molecule has 1 fully saturated rings. The molecule has 1 aliphatic carbocycles. The minimum Gasteiger partial charge on any atom is -0.398 e. The van der Waals surface area contributed by atoms with Gasteiger partial charge in [-0.15, -0.1) is 0 Å². The number of nitrogens with two attached hydrogens (primary N) is 1. The quantitative estimate of drug-likeness (QED) is 0.511. The molecule has 1 aromatic carbocycles. The van der Waals surface area contributed by atoms with E-state index in [-0.39, 0.29) is 0 Å². The third-order valence-corrected chi connectivity index (χ3v) is 4.36. The first kappa shape index (κ1) is 16.7. The second-order valence-electron chi connectivity index (χ2n) is 6.48. The van der Waals surface area contributed by atoms with E-state index in [9.17, 15) is 0 Å². The van der Waals surface area contributed by atoms with E-state index in [1.807, 2.05) is 0 Å². The van der Waals surface area contributed by atoms with Crippen LogP contribution in [0.5, 0.6) is 0 Å². The fourth-order valence-corrected chi connectivity index (χ4v) is 2.52. The molecule has 0 bridgehead atoms. The highest BCUT2D eigenvalue weighted by molar-refractivity contribution is 5.61. The summed E-state index contributed by atoms with van der Waals surface area (Å²) in [7, 11) is 0. The Morgan fingerprint density at radius 1 is 1.32 bits per heavy atom. The molecule has 0 spiro atoms. The van der Waals surface area contributed by atoms with Crippen LogP contribution < -0.4 is 11.1 Å². The first-order chi connectivity index (χ1) is 10.6. The van der Waals surface area contributed by atoms with Crippen LogP contribution in [0.2, 0.25) is 0 Å². The Balaban J connectivity index is 2.11. The van der Waals surface area contributed by atoms with Crippen molar-refractivity contribution in [3.05, 3.63) is 46.7 Å². The summed E-state index contributed by atoms with van der Waals surface area (Å²) in [6, 6.07) is 6.74. The Hall–Kier alpha value is -1.70. The van der Waals surface area contributed by atoms with Crippen LogP contribution in [0.25, 0.3) is 6.08 Å². The smallest absolute Gasteiger partial charge is 0.0443 e. The molecular formula is C20H30N2. The lowest BCUT2D eigenvalue weighted by atomic mass is 9.98. The number of allylic oxidation sites excluding steroid dienone is 1. The van der Waals surface area contributed by atoms with E-state index in [4.69, 9.17) is 5.73 Å². The molecule has 0 heterocycles. The molecule has 0 aromatic heterocycles. The number of anilines is 1. The van der Waals surface area contributed by atoms with E-state index in [0.717, 1.165) is 17.7 Å². The summed E-state index contributed by atoms with van der Waals surface area (Å²) in [5.74, 6) is 0. The Morgan fingerprint density at radius 2 is 2.09 bits per heavy atom. The van der Waals surface area contributed by atoms with Crippen molar-refractivity contribution in [3.8, 4) is 0 Å².